The van der Waals surface area contributed by atoms with Crippen LogP contribution in [0.3, 0.4) is 0 Å². The Labute approximate surface area is 305 Å². The number of aromatic nitrogens is 2. The van der Waals surface area contributed by atoms with Gasteiger partial charge < -0.3 is 14.4 Å². The summed E-state index contributed by atoms with van der Waals surface area (Å²) in [6.07, 6.45) is 12.8. The molecule has 2 bridgehead atoms. The molecule has 2 aromatic carbocycles. The van der Waals surface area contributed by atoms with Crippen LogP contribution >= 0.6 is 11.6 Å². The maximum absolute atomic E-state index is 14.4. The number of fused-ring (bicyclic) bond motifs is 4. The lowest BCUT2D eigenvalue weighted by molar-refractivity contribution is -0.120. The predicted octanol–water partition coefficient (Wildman–Crippen LogP) is 6.38. The molecule has 5 aliphatic rings. The molecule has 270 valence electrons. The molecule has 51 heavy (non-hydrogen) atoms. The van der Waals surface area contributed by atoms with Gasteiger partial charge in [0.05, 0.1) is 24.2 Å². The number of hydrogen-bond acceptors (Lipinski definition) is 7. The number of ether oxygens (including phenoxy) is 2. The highest BCUT2D eigenvalue weighted by Gasteiger charge is 2.47. The summed E-state index contributed by atoms with van der Waals surface area (Å²) in [5, 5.41) is 4.98. The molecule has 7 atom stereocenters. The van der Waals surface area contributed by atoms with Crippen molar-refractivity contribution in [1.29, 1.82) is 0 Å². The summed E-state index contributed by atoms with van der Waals surface area (Å²) in [6, 6.07) is 13.5. The standard InChI is InChI=1S/C39H46ClN5O5S/c1-44-33(15-17-41-44)30-21-31(30)38(47)43-51(48)18-5-3-4-8-35(49-2)29-12-9-27(29)22-45-23-39(16-6-7-25-19-28(40)11-13-32(25)39)24-50-36-14-10-26(20-34(36)45)37(46)42-51/h4,8,10-11,13-15,17,19-20,27,29-31,35H,3,5-7,9,12,16,18,21-24H2,1-2H3,(H,42,43,46,47,48)/b8-4-/t27-,29+,30+,31+,35-,39-,51?/m0/s1. The van der Waals surface area contributed by atoms with Crippen molar-refractivity contribution in [3.8, 4) is 5.75 Å². The molecule has 3 aliphatic carbocycles. The molecule has 3 aromatic rings. The molecule has 1 spiro atoms. The van der Waals surface area contributed by atoms with Crippen LogP contribution in [0.25, 0.3) is 0 Å². The van der Waals surface area contributed by atoms with E-state index in [1.807, 2.05) is 31.3 Å². The quantitative estimate of drug-likeness (QED) is 0.310. The van der Waals surface area contributed by atoms with Gasteiger partial charge in [0, 0.05) is 67.0 Å². The number of nitrogens with zero attached hydrogens (tertiary/aromatic N) is 4. The minimum Gasteiger partial charge on any atom is -0.490 e. The van der Waals surface area contributed by atoms with Crippen LogP contribution < -0.4 is 14.4 Å². The number of rotatable bonds is 4. The smallest absolute Gasteiger partial charge is 0.286 e. The number of nitrogens with one attached hydrogen (secondary N) is 1. The lowest BCUT2D eigenvalue weighted by atomic mass is 9.68. The van der Waals surface area contributed by atoms with E-state index in [4.69, 9.17) is 21.1 Å². The fraction of sp³-hybridized carbons (Fsp3) is 0.513. The van der Waals surface area contributed by atoms with E-state index < -0.39 is 15.8 Å². The molecule has 1 N–H and O–H groups in total. The summed E-state index contributed by atoms with van der Waals surface area (Å²) in [7, 11) is 0.202. The van der Waals surface area contributed by atoms with Gasteiger partial charge in [0.15, 0.2) is 0 Å². The Kier molecular flexibility index (Phi) is 9.25. The van der Waals surface area contributed by atoms with Crippen molar-refractivity contribution in [2.45, 2.75) is 68.8 Å². The topological polar surface area (TPSA) is 115 Å². The van der Waals surface area contributed by atoms with E-state index in [1.165, 1.54) is 11.1 Å². The van der Waals surface area contributed by atoms with Gasteiger partial charge in [0.2, 0.25) is 5.91 Å². The monoisotopic (exact) mass is 731 g/mol. The molecule has 3 heterocycles. The van der Waals surface area contributed by atoms with Crippen molar-refractivity contribution in [2.75, 3.05) is 37.5 Å². The zero-order valence-corrected chi connectivity index (χ0v) is 30.8. The van der Waals surface area contributed by atoms with Crippen LogP contribution in [0.1, 0.15) is 78.0 Å². The molecule has 10 nitrogen and oxygen atoms in total. The lowest BCUT2D eigenvalue weighted by Gasteiger charge is -2.46. The van der Waals surface area contributed by atoms with Crippen LogP contribution in [0.15, 0.2) is 65.2 Å². The van der Waals surface area contributed by atoms with Gasteiger partial charge in [0.1, 0.15) is 15.7 Å². The SMILES string of the molecule is CO[C@H]1/C=C\CCCS(=O)(NC(=O)[C@@H]2C[C@H]2c2ccnn2C)=NC(=O)c2ccc3c(c2)N(C[C@@H]2CC[C@H]21)C[C@@]1(CCCc2cc(Cl)ccc21)CO3. The predicted molar refractivity (Wildman–Crippen MR) is 198 cm³/mol. The van der Waals surface area contributed by atoms with E-state index in [1.54, 1.807) is 24.1 Å². The van der Waals surface area contributed by atoms with Crippen LogP contribution in [0.4, 0.5) is 5.69 Å². The number of benzene rings is 2. The van der Waals surface area contributed by atoms with Crippen LogP contribution in [0.2, 0.25) is 5.02 Å². The minimum absolute atomic E-state index is 0.00129. The van der Waals surface area contributed by atoms with Crippen LogP contribution in [0, 0.1) is 17.8 Å². The molecule has 1 aromatic heterocycles. The molecule has 1 unspecified atom stereocenters. The molecule has 2 amide bonds. The average Bonchev–Trinajstić information content (AvgIpc) is 3.81. The number of carbonyl (C=O) groups excluding carboxylic acids is 2. The number of anilines is 1. The molecule has 12 heteroatoms. The van der Waals surface area contributed by atoms with Gasteiger partial charge in [-0.1, -0.05) is 29.8 Å². The summed E-state index contributed by atoms with van der Waals surface area (Å²) < 4.78 is 35.9. The van der Waals surface area contributed by atoms with Crippen molar-refractivity contribution in [3.05, 3.63) is 88.2 Å². The Balaban J connectivity index is 1.15. The Morgan fingerprint density at radius 1 is 1.16 bits per heavy atom. The highest BCUT2D eigenvalue weighted by molar-refractivity contribution is 7.92. The molecule has 8 rings (SSSR count). The summed E-state index contributed by atoms with van der Waals surface area (Å²) in [5.74, 6) is 0.245. The second-order valence-corrected chi connectivity index (χ2v) is 17.6. The fourth-order valence-electron chi connectivity index (χ4n) is 8.91. The van der Waals surface area contributed by atoms with E-state index in [0.717, 1.165) is 61.6 Å². The number of allylic oxidation sites excluding steroid dienone is 1. The van der Waals surface area contributed by atoms with E-state index in [9.17, 15) is 13.8 Å². The van der Waals surface area contributed by atoms with Gasteiger partial charge in [-0.15, -0.1) is 4.36 Å². The summed E-state index contributed by atoms with van der Waals surface area (Å²) >= 11 is 6.46. The van der Waals surface area contributed by atoms with Crippen LogP contribution in [-0.2, 0) is 38.3 Å². The first-order valence-electron chi connectivity index (χ1n) is 18.2. The van der Waals surface area contributed by atoms with Gasteiger partial charge >= 0.3 is 0 Å². The van der Waals surface area contributed by atoms with Crippen LogP contribution in [-0.4, -0.2) is 64.5 Å². The van der Waals surface area contributed by atoms with Gasteiger partial charge in [-0.3, -0.25) is 19.0 Å². The van der Waals surface area contributed by atoms with Crippen molar-refractivity contribution < 1.29 is 23.3 Å². The molecule has 0 radical (unpaired) electrons. The fourth-order valence-corrected chi connectivity index (χ4v) is 10.7. The zero-order valence-electron chi connectivity index (χ0n) is 29.3. The molecular weight excluding hydrogens is 686 g/mol. The minimum atomic E-state index is -3.42. The first kappa shape index (κ1) is 34.4. The molecule has 0 saturated heterocycles. The summed E-state index contributed by atoms with van der Waals surface area (Å²) in [5.41, 5.74) is 4.42. The Morgan fingerprint density at radius 3 is 2.82 bits per heavy atom. The third-order valence-corrected chi connectivity index (χ3v) is 13.9. The second-order valence-electron chi connectivity index (χ2n) is 15.1. The first-order valence-corrected chi connectivity index (χ1v) is 20.3. The van der Waals surface area contributed by atoms with E-state index in [-0.39, 0.29) is 35.0 Å². The number of hydrogen-bond donors (Lipinski definition) is 1. The van der Waals surface area contributed by atoms with Crippen molar-refractivity contribution >= 4 is 39.0 Å². The maximum Gasteiger partial charge on any atom is 0.286 e. The second kappa shape index (κ2) is 13.7. The third kappa shape index (κ3) is 6.73. The number of carbonyl (C=O) groups is 2. The Morgan fingerprint density at radius 2 is 2.04 bits per heavy atom. The highest BCUT2D eigenvalue weighted by atomic mass is 35.5. The lowest BCUT2D eigenvalue weighted by Crippen LogP contribution is -2.49. The van der Waals surface area contributed by atoms with Crippen LogP contribution in [0.5, 0.6) is 5.75 Å². The van der Waals surface area contributed by atoms with E-state index in [2.05, 4.69) is 43.4 Å². The Hall–Kier alpha value is -3.67. The zero-order chi connectivity index (χ0) is 35.3. The van der Waals surface area contributed by atoms with Gasteiger partial charge in [-0.05, 0) is 111 Å². The van der Waals surface area contributed by atoms with Crippen molar-refractivity contribution in [1.82, 2.24) is 14.5 Å². The highest BCUT2D eigenvalue weighted by Crippen LogP contribution is 2.48. The van der Waals surface area contributed by atoms with Gasteiger partial charge in [-0.2, -0.15) is 5.10 Å². The molecular formula is C39H46ClN5O5S. The molecule has 2 saturated carbocycles. The first-order chi connectivity index (χ1) is 24.6. The number of aryl methyl sites for hydroxylation is 2. The molecule has 2 fully saturated rings. The summed E-state index contributed by atoms with van der Waals surface area (Å²) in [4.78, 5) is 29.8. The average molecular weight is 732 g/mol. The largest absolute Gasteiger partial charge is 0.490 e. The van der Waals surface area contributed by atoms with E-state index in [0.29, 0.717) is 49.0 Å². The number of methoxy groups -OCH3 is 1. The van der Waals surface area contributed by atoms with Gasteiger partial charge in [-0.25, -0.2) is 4.21 Å². The van der Waals surface area contributed by atoms with E-state index >= 15 is 0 Å². The molecule has 2 aliphatic heterocycles. The van der Waals surface area contributed by atoms with Crippen molar-refractivity contribution in [2.24, 2.45) is 29.2 Å². The maximum atomic E-state index is 14.4. The number of halogens is 1. The third-order valence-electron chi connectivity index (χ3n) is 11.9. The number of amides is 2. The Bertz CT molecular complexity index is 2000. The normalized spacial score (nSPS) is 32.3. The summed E-state index contributed by atoms with van der Waals surface area (Å²) in [6.45, 7) is 2.04. The van der Waals surface area contributed by atoms with Crippen molar-refractivity contribution in [3.63, 3.8) is 0 Å². The van der Waals surface area contributed by atoms with Gasteiger partial charge in [0.25, 0.3) is 5.91 Å².